The van der Waals surface area contributed by atoms with Crippen molar-refractivity contribution >= 4 is 0 Å². The molecule has 1 heterocycles. The van der Waals surface area contributed by atoms with Gasteiger partial charge in [-0.05, 0) is 25.9 Å². The van der Waals surface area contributed by atoms with Gasteiger partial charge in [-0.15, -0.1) is 0 Å². The predicted molar refractivity (Wildman–Crippen MR) is 35.1 cm³/mol. The third-order valence-electron chi connectivity index (χ3n) is 2.06. The number of hydrogen-bond donors (Lipinski definition) is 2. The van der Waals surface area contributed by atoms with E-state index < -0.39 is 11.7 Å². The third-order valence-corrected chi connectivity index (χ3v) is 2.06. The van der Waals surface area contributed by atoms with E-state index >= 15 is 0 Å². The molecular weight excluding hydrogens is 157 g/mol. The van der Waals surface area contributed by atoms with Gasteiger partial charge in [-0.3, -0.25) is 0 Å². The second-order valence-corrected chi connectivity index (χ2v) is 2.90. The van der Waals surface area contributed by atoms with E-state index in [1.54, 1.807) is 0 Å². The Morgan fingerprint density at radius 3 is 1.91 bits per heavy atom. The van der Waals surface area contributed by atoms with Gasteiger partial charge in [-0.1, -0.05) is 0 Å². The number of piperidine rings is 1. The molecule has 1 fully saturated rings. The van der Waals surface area contributed by atoms with Gasteiger partial charge in [0.2, 0.25) is 0 Å². The fourth-order valence-electron chi connectivity index (χ4n) is 1.16. The van der Waals surface area contributed by atoms with Crippen LogP contribution in [0.2, 0.25) is 0 Å². The lowest BCUT2D eigenvalue weighted by Gasteiger charge is -2.35. The molecule has 1 aliphatic rings. The van der Waals surface area contributed by atoms with Gasteiger partial charge in [0.25, 0.3) is 0 Å². The Labute approximate surface area is 62.9 Å². The summed E-state index contributed by atoms with van der Waals surface area (Å²) in [5.74, 6) is 0. The quantitative estimate of drug-likeness (QED) is 0.556. The van der Waals surface area contributed by atoms with Crippen LogP contribution in [0.3, 0.4) is 0 Å². The standard InChI is InChI=1S/C6H11F3N2/c7-6(8,9)5(10)1-3-11-4-2-5/h11H,1-4,10H2. The zero-order valence-electron chi connectivity index (χ0n) is 6.04. The molecule has 0 saturated carbocycles. The molecule has 2 nitrogen and oxygen atoms in total. The summed E-state index contributed by atoms with van der Waals surface area (Å²) in [6, 6.07) is 0. The lowest BCUT2D eigenvalue weighted by atomic mass is 9.89. The molecular formula is C6H11F3N2. The Bertz CT molecular complexity index is 137. The summed E-state index contributed by atoms with van der Waals surface area (Å²) in [6.07, 6.45) is -4.29. The van der Waals surface area contributed by atoms with Crippen molar-refractivity contribution in [3.63, 3.8) is 0 Å². The third kappa shape index (κ3) is 1.65. The average Bonchev–Trinajstić information content (AvgIpc) is 1.87. The van der Waals surface area contributed by atoms with Crippen LogP contribution in [0.4, 0.5) is 13.2 Å². The number of nitrogens with two attached hydrogens (primary N) is 1. The van der Waals surface area contributed by atoms with Crippen molar-refractivity contribution in [2.75, 3.05) is 13.1 Å². The molecule has 0 amide bonds. The van der Waals surface area contributed by atoms with E-state index in [9.17, 15) is 13.2 Å². The predicted octanol–water partition coefficient (Wildman–Crippen LogP) is 0.630. The highest BCUT2D eigenvalue weighted by molar-refractivity contribution is 4.95. The maximum atomic E-state index is 12.2. The van der Waals surface area contributed by atoms with Crippen molar-refractivity contribution in [1.29, 1.82) is 0 Å². The van der Waals surface area contributed by atoms with Crippen molar-refractivity contribution in [3.8, 4) is 0 Å². The topological polar surface area (TPSA) is 38.0 Å². The molecule has 1 aliphatic heterocycles. The molecule has 0 radical (unpaired) electrons. The Hall–Kier alpha value is -0.290. The molecule has 5 heteroatoms. The molecule has 0 atom stereocenters. The molecule has 3 N–H and O–H groups in total. The van der Waals surface area contributed by atoms with Gasteiger partial charge in [0.15, 0.2) is 0 Å². The van der Waals surface area contributed by atoms with Crippen LogP contribution in [-0.2, 0) is 0 Å². The molecule has 66 valence electrons. The maximum absolute atomic E-state index is 12.2. The van der Waals surface area contributed by atoms with Crippen molar-refractivity contribution in [2.24, 2.45) is 5.73 Å². The van der Waals surface area contributed by atoms with Crippen molar-refractivity contribution in [3.05, 3.63) is 0 Å². The average molecular weight is 168 g/mol. The first-order chi connectivity index (χ1) is 4.96. The summed E-state index contributed by atoms with van der Waals surface area (Å²) >= 11 is 0. The van der Waals surface area contributed by atoms with Crippen LogP contribution in [0.1, 0.15) is 12.8 Å². The van der Waals surface area contributed by atoms with Gasteiger partial charge in [0.05, 0.1) is 0 Å². The van der Waals surface area contributed by atoms with Crippen molar-refractivity contribution in [2.45, 2.75) is 24.6 Å². The van der Waals surface area contributed by atoms with E-state index in [-0.39, 0.29) is 12.8 Å². The van der Waals surface area contributed by atoms with Crippen molar-refractivity contribution in [1.82, 2.24) is 5.32 Å². The second-order valence-electron chi connectivity index (χ2n) is 2.90. The van der Waals surface area contributed by atoms with E-state index in [2.05, 4.69) is 5.32 Å². The Morgan fingerprint density at radius 1 is 1.18 bits per heavy atom. The molecule has 0 unspecified atom stereocenters. The first-order valence-electron chi connectivity index (χ1n) is 3.52. The summed E-state index contributed by atoms with van der Waals surface area (Å²) in [5.41, 5.74) is 3.22. The lowest BCUT2D eigenvalue weighted by Crippen LogP contribution is -2.58. The Kier molecular flexibility index (Phi) is 2.11. The largest absolute Gasteiger partial charge is 0.406 e. The number of hydrogen-bond acceptors (Lipinski definition) is 2. The highest BCUT2D eigenvalue weighted by Crippen LogP contribution is 2.34. The number of nitrogens with one attached hydrogen (secondary N) is 1. The van der Waals surface area contributed by atoms with E-state index in [1.807, 2.05) is 0 Å². The van der Waals surface area contributed by atoms with Crippen LogP contribution in [0.5, 0.6) is 0 Å². The van der Waals surface area contributed by atoms with E-state index in [0.29, 0.717) is 13.1 Å². The van der Waals surface area contributed by atoms with Crippen LogP contribution < -0.4 is 11.1 Å². The lowest BCUT2D eigenvalue weighted by molar-refractivity contribution is -0.192. The highest BCUT2D eigenvalue weighted by atomic mass is 19.4. The first-order valence-corrected chi connectivity index (χ1v) is 3.52. The number of alkyl halides is 3. The monoisotopic (exact) mass is 168 g/mol. The number of rotatable bonds is 0. The molecule has 11 heavy (non-hydrogen) atoms. The molecule has 0 aromatic rings. The summed E-state index contributed by atoms with van der Waals surface area (Å²) < 4.78 is 36.5. The maximum Gasteiger partial charge on any atom is 0.406 e. The second kappa shape index (κ2) is 2.64. The minimum atomic E-state index is -4.25. The summed E-state index contributed by atoms with van der Waals surface area (Å²) in [6.45, 7) is 0.714. The van der Waals surface area contributed by atoms with Gasteiger partial charge in [0.1, 0.15) is 5.54 Å². The zero-order valence-corrected chi connectivity index (χ0v) is 6.04. The molecule has 0 aromatic heterocycles. The highest BCUT2D eigenvalue weighted by Gasteiger charge is 2.51. The van der Waals surface area contributed by atoms with Crippen LogP contribution in [0.15, 0.2) is 0 Å². The smallest absolute Gasteiger partial charge is 0.318 e. The fourth-order valence-corrected chi connectivity index (χ4v) is 1.16. The molecule has 0 aromatic carbocycles. The molecule has 0 bridgehead atoms. The fraction of sp³-hybridized carbons (Fsp3) is 1.00. The summed E-state index contributed by atoms with van der Waals surface area (Å²) in [7, 11) is 0. The Balaban J connectivity index is 2.64. The SMILES string of the molecule is NC1(C(F)(F)F)CCNCC1. The van der Waals surface area contributed by atoms with E-state index in [1.165, 1.54) is 0 Å². The van der Waals surface area contributed by atoms with Crippen molar-refractivity contribution < 1.29 is 13.2 Å². The minimum Gasteiger partial charge on any atom is -0.318 e. The van der Waals surface area contributed by atoms with Crippen LogP contribution >= 0.6 is 0 Å². The molecule has 0 aliphatic carbocycles. The number of halogens is 3. The van der Waals surface area contributed by atoms with Crippen LogP contribution in [-0.4, -0.2) is 24.8 Å². The summed E-state index contributed by atoms with van der Waals surface area (Å²) in [4.78, 5) is 0. The molecule has 1 saturated heterocycles. The minimum absolute atomic E-state index is 0.0174. The van der Waals surface area contributed by atoms with Gasteiger partial charge < -0.3 is 11.1 Å². The van der Waals surface area contributed by atoms with E-state index in [4.69, 9.17) is 5.73 Å². The zero-order chi connectivity index (χ0) is 8.54. The van der Waals surface area contributed by atoms with E-state index in [0.717, 1.165) is 0 Å². The van der Waals surface area contributed by atoms with Gasteiger partial charge in [-0.25, -0.2) is 0 Å². The van der Waals surface area contributed by atoms with Crippen LogP contribution in [0, 0.1) is 0 Å². The van der Waals surface area contributed by atoms with Crippen LogP contribution in [0.25, 0.3) is 0 Å². The molecule has 1 rings (SSSR count). The van der Waals surface area contributed by atoms with Gasteiger partial charge in [0, 0.05) is 0 Å². The summed E-state index contributed by atoms with van der Waals surface area (Å²) in [5, 5.41) is 2.83. The molecule has 0 spiro atoms. The first kappa shape index (κ1) is 8.80. The van der Waals surface area contributed by atoms with Gasteiger partial charge in [-0.2, -0.15) is 13.2 Å². The normalized spacial score (nSPS) is 25.1. The van der Waals surface area contributed by atoms with Gasteiger partial charge >= 0.3 is 6.18 Å². The Morgan fingerprint density at radius 2 is 1.64 bits per heavy atom.